The number of anilines is 1. The molecule has 0 aromatic heterocycles. The fraction of sp³-hybridized carbons (Fsp3) is 0.278. The van der Waals surface area contributed by atoms with Crippen LogP contribution in [0, 0.1) is 0 Å². The number of rotatable bonds is 7. The Morgan fingerprint density at radius 3 is 2.50 bits per heavy atom. The molecule has 0 heterocycles. The molecule has 0 aliphatic rings. The summed E-state index contributed by atoms with van der Waals surface area (Å²) in [6.45, 7) is 2.46. The Kier molecular flexibility index (Phi) is 6.84. The van der Waals surface area contributed by atoms with Crippen LogP contribution >= 0.6 is 11.8 Å². The van der Waals surface area contributed by atoms with Crippen molar-refractivity contribution in [3.05, 3.63) is 60.2 Å². The predicted molar refractivity (Wildman–Crippen MR) is 92.3 cm³/mol. The molecule has 0 saturated carbocycles. The highest BCUT2D eigenvalue weighted by Crippen LogP contribution is 2.21. The van der Waals surface area contributed by atoms with Gasteiger partial charge in [-0.25, -0.2) is 4.79 Å². The van der Waals surface area contributed by atoms with Crippen LogP contribution in [0.3, 0.4) is 0 Å². The lowest BCUT2D eigenvalue weighted by molar-refractivity contribution is 0.155. The molecule has 0 unspecified atom stereocenters. The third-order valence-electron chi connectivity index (χ3n) is 3.08. The number of thioether (sulfide) groups is 1. The first-order valence-corrected chi connectivity index (χ1v) is 8.47. The van der Waals surface area contributed by atoms with Gasteiger partial charge in [-0.1, -0.05) is 43.7 Å². The molecule has 0 radical (unpaired) electrons. The minimum absolute atomic E-state index is 0.275. The van der Waals surface area contributed by atoms with Crippen molar-refractivity contribution in [1.29, 1.82) is 0 Å². The van der Waals surface area contributed by atoms with Gasteiger partial charge in [-0.05, 0) is 42.0 Å². The third-order valence-corrected chi connectivity index (χ3v) is 4.18. The smallest absolute Gasteiger partial charge is 0.411 e. The largest absolute Gasteiger partial charge is 0.444 e. The molecular formula is C18H21NO2S. The van der Waals surface area contributed by atoms with E-state index in [1.54, 1.807) is 0 Å². The molecule has 2 rings (SSSR count). The fourth-order valence-electron chi connectivity index (χ4n) is 1.85. The van der Waals surface area contributed by atoms with E-state index >= 15 is 0 Å². The molecule has 2 aromatic carbocycles. The molecule has 0 saturated heterocycles. The summed E-state index contributed by atoms with van der Waals surface area (Å²) in [5.41, 5.74) is 1.72. The van der Waals surface area contributed by atoms with E-state index in [1.807, 2.05) is 66.4 Å². The molecule has 0 aliphatic carbocycles. The maximum absolute atomic E-state index is 11.7. The first-order chi connectivity index (χ1) is 10.8. The second-order valence-electron chi connectivity index (χ2n) is 4.91. The lowest BCUT2D eigenvalue weighted by Crippen LogP contribution is -2.13. The van der Waals surface area contributed by atoms with E-state index in [9.17, 15) is 4.79 Å². The Morgan fingerprint density at radius 2 is 1.82 bits per heavy atom. The number of amides is 1. The lowest BCUT2D eigenvalue weighted by Gasteiger charge is -2.08. The number of benzene rings is 2. The van der Waals surface area contributed by atoms with Gasteiger partial charge in [0.25, 0.3) is 0 Å². The standard InChI is InChI=1S/C18H21NO2S/c1-2-3-13-22-17-11-9-16(10-12-17)19-18(20)21-14-15-7-5-4-6-8-15/h4-12H,2-3,13-14H2,1H3,(H,19,20). The third kappa shape index (κ3) is 5.82. The van der Waals surface area contributed by atoms with Crippen molar-refractivity contribution in [3.63, 3.8) is 0 Å². The first-order valence-electron chi connectivity index (χ1n) is 7.48. The molecular weight excluding hydrogens is 294 g/mol. The van der Waals surface area contributed by atoms with Gasteiger partial charge < -0.3 is 4.74 Å². The average Bonchev–Trinajstić information content (AvgIpc) is 2.56. The van der Waals surface area contributed by atoms with Crippen LogP contribution in [0.5, 0.6) is 0 Å². The molecule has 0 aliphatic heterocycles. The van der Waals surface area contributed by atoms with E-state index < -0.39 is 6.09 Å². The van der Waals surface area contributed by atoms with Crippen LogP contribution < -0.4 is 5.32 Å². The second kappa shape index (κ2) is 9.15. The molecule has 1 amide bonds. The van der Waals surface area contributed by atoms with Crippen LogP contribution in [-0.4, -0.2) is 11.8 Å². The number of unbranched alkanes of at least 4 members (excludes halogenated alkanes) is 1. The maximum Gasteiger partial charge on any atom is 0.411 e. The zero-order chi connectivity index (χ0) is 15.6. The van der Waals surface area contributed by atoms with Gasteiger partial charge in [-0.15, -0.1) is 11.8 Å². The molecule has 0 atom stereocenters. The first kappa shape index (κ1) is 16.4. The number of carbonyl (C=O) groups excluding carboxylic acids is 1. The number of nitrogens with one attached hydrogen (secondary N) is 1. The van der Waals surface area contributed by atoms with Crippen molar-refractivity contribution in [3.8, 4) is 0 Å². The Bertz CT molecular complexity index is 569. The minimum Gasteiger partial charge on any atom is -0.444 e. The lowest BCUT2D eigenvalue weighted by atomic mass is 10.2. The highest BCUT2D eigenvalue weighted by Gasteiger charge is 2.04. The molecule has 1 N–H and O–H groups in total. The van der Waals surface area contributed by atoms with E-state index in [0.717, 1.165) is 17.0 Å². The van der Waals surface area contributed by atoms with Crippen molar-refractivity contribution in [2.75, 3.05) is 11.1 Å². The topological polar surface area (TPSA) is 38.3 Å². The zero-order valence-electron chi connectivity index (χ0n) is 12.7. The van der Waals surface area contributed by atoms with Crippen molar-refractivity contribution in [2.45, 2.75) is 31.3 Å². The predicted octanol–water partition coefficient (Wildman–Crippen LogP) is 5.33. The Labute approximate surface area is 136 Å². The monoisotopic (exact) mass is 315 g/mol. The number of hydrogen-bond acceptors (Lipinski definition) is 3. The van der Waals surface area contributed by atoms with Gasteiger partial charge >= 0.3 is 6.09 Å². The Balaban J connectivity index is 1.76. The molecule has 2 aromatic rings. The van der Waals surface area contributed by atoms with Crippen molar-refractivity contribution < 1.29 is 9.53 Å². The molecule has 0 spiro atoms. The van der Waals surface area contributed by atoms with Gasteiger partial charge in [0, 0.05) is 10.6 Å². The van der Waals surface area contributed by atoms with Crippen molar-refractivity contribution in [1.82, 2.24) is 0 Å². The van der Waals surface area contributed by atoms with Crippen LogP contribution in [0.1, 0.15) is 25.3 Å². The van der Waals surface area contributed by atoms with Crippen LogP contribution in [0.25, 0.3) is 0 Å². The zero-order valence-corrected chi connectivity index (χ0v) is 13.6. The van der Waals surface area contributed by atoms with Gasteiger partial charge in [0.2, 0.25) is 0 Å². The fourth-order valence-corrected chi connectivity index (χ4v) is 2.84. The molecule has 116 valence electrons. The van der Waals surface area contributed by atoms with Gasteiger partial charge in [0.15, 0.2) is 0 Å². The Morgan fingerprint density at radius 1 is 1.09 bits per heavy atom. The average molecular weight is 315 g/mol. The minimum atomic E-state index is -0.435. The van der Waals surface area contributed by atoms with E-state index in [0.29, 0.717) is 0 Å². The summed E-state index contributed by atoms with van der Waals surface area (Å²) < 4.78 is 5.19. The van der Waals surface area contributed by atoms with Crippen LogP contribution in [-0.2, 0) is 11.3 Å². The van der Waals surface area contributed by atoms with Gasteiger partial charge in [-0.3, -0.25) is 5.32 Å². The summed E-state index contributed by atoms with van der Waals surface area (Å²) in [5.74, 6) is 1.13. The highest BCUT2D eigenvalue weighted by molar-refractivity contribution is 7.99. The van der Waals surface area contributed by atoms with Crippen LogP contribution in [0.2, 0.25) is 0 Å². The van der Waals surface area contributed by atoms with Gasteiger partial charge in [-0.2, -0.15) is 0 Å². The SMILES string of the molecule is CCCCSc1ccc(NC(=O)OCc2ccccc2)cc1. The van der Waals surface area contributed by atoms with Crippen molar-refractivity contribution >= 4 is 23.5 Å². The van der Waals surface area contributed by atoms with Crippen LogP contribution in [0.4, 0.5) is 10.5 Å². The Hall–Kier alpha value is -1.94. The number of hydrogen-bond donors (Lipinski definition) is 1. The maximum atomic E-state index is 11.7. The summed E-state index contributed by atoms with van der Waals surface area (Å²) in [6.07, 6.45) is 1.99. The summed E-state index contributed by atoms with van der Waals surface area (Å²) in [6, 6.07) is 17.5. The molecule has 22 heavy (non-hydrogen) atoms. The second-order valence-corrected chi connectivity index (χ2v) is 6.08. The molecule has 0 fully saturated rings. The molecule has 3 nitrogen and oxygen atoms in total. The number of ether oxygens (including phenoxy) is 1. The quantitative estimate of drug-likeness (QED) is 0.554. The van der Waals surface area contributed by atoms with Crippen molar-refractivity contribution in [2.24, 2.45) is 0 Å². The van der Waals surface area contributed by atoms with E-state index in [-0.39, 0.29) is 6.61 Å². The molecule has 0 bridgehead atoms. The summed E-state index contributed by atoms with van der Waals surface area (Å²) >= 11 is 1.84. The van der Waals surface area contributed by atoms with Gasteiger partial charge in [0.05, 0.1) is 0 Å². The normalized spacial score (nSPS) is 10.2. The van der Waals surface area contributed by atoms with E-state index in [2.05, 4.69) is 12.2 Å². The molecule has 4 heteroatoms. The highest BCUT2D eigenvalue weighted by atomic mass is 32.2. The summed E-state index contributed by atoms with van der Waals surface area (Å²) in [5, 5.41) is 2.74. The summed E-state index contributed by atoms with van der Waals surface area (Å²) in [7, 11) is 0. The number of carbonyl (C=O) groups is 1. The van der Waals surface area contributed by atoms with Gasteiger partial charge in [0.1, 0.15) is 6.61 Å². The summed E-state index contributed by atoms with van der Waals surface area (Å²) in [4.78, 5) is 13.0. The van der Waals surface area contributed by atoms with E-state index in [1.165, 1.54) is 17.7 Å². The van der Waals surface area contributed by atoms with Crippen LogP contribution in [0.15, 0.2) is 59.5 Å². The van der Waals surface area contributed by atoms with E-state index in [4.69, 9.17) is 4.74 Å².